The molecule has 20 heavy (non-hydrogen) atoms. The molecule has 0 saturated carbocycles. The van der Waals surface area contributed by atoms with Gasteiger partial charge in [-0.2, -0.15) is 0 Å². The molecule has 2 heterocycles. The van der Waals surface area contributed by atoms with E-state index < -0.39 is 8.32 Å². The third-order valence-electron chi connectivity index (χ3n) is 4.02. The van der Waals surface area contributed by atoms with Crippen LogP contribution in [0.5, 0.6) is 11.6 Å². The minimum atomic E-state index is -1.81. The molecule has 1 aliphatic heterocycles. The van der Waals surface area contributed by atoms with Crippen LogP contribution in [0.25, 0.3) is 0 Å². The highest BCUT2D eigenvalue weighted by molar-refractivity contribution is 6.74. The quantitative estimate of drug-likeness (QED) is 0.488. The Labute approximate surface area is 121 Å². The smallest absolute Gasteiger partial charge is 0.423 e. The number of nitrogens with zero attached hydrogens (tertiary/aromatic N) is 1. The normalized spacial score (nSPS) is 18.9. The van der Waals surface area contributed by atoms with Crippen molar-refractivity contribution in [1.29, 1.82) is 0 Å². The zero-order chi connectivity index (χ0) is 15.0. The van der Waals surface area contributed by atoms with Gasteiger partial charge in [0.1, 0.15) is 6.61 Å². The molecular formula is C14H23NO4Si. The van der Waals surface area contributed by atoms with Gasteiger partial charge in [0.2, 0.25) is 5.75 Å². The van der Waals surface area contributed by atoms with Gasteiger partial charge in [-0.1, -0.05) is 20.8 Å². The predicted molar refractivity (Wildman–Crippen MR) is 78.5 cm³/mol. The van der Waals surface area contributed by atoms with Crippen LogP contribution in [0.15, 0.2) is 18.3 Å². The fourth-order valence-corrected chi connectivity index (χ4v) is 2.69. The Kier molecular flexibility index (Phi) is 3.97. The van der Waals surface area contributed by atoms with Crippen LogP contribution in [0.3, 0.4) is 0 Å². The van der Waals surface area contributed by atoms with Crippen molar-refractivity contribution in [3.8, 4) is 11.6 Å². The van der Waals surface area contributed by atoms with E-state index in [1.807, 2.05) is 0 Å². The van der Waals surface area contributed by atoms with Gasteiger partial charge in [0.05, 0.1) is 6.61 Å². The van der Waals surface area contributed by atoms with Crippen molar-refractivity contribution < 1.29 is 18.6 Å². The first-order valence-electron chi connectivity index (χ1n) is 6.86. The van der Waals surface area contributed by atoms with Crippen LogP contribution in [0.1, 0.15) is 20.8 Å². The fourth-order valence-electron chi connectivity index (χ4n) is 1.65. The summed E-state index contributed by atoms with van der Waals surface area (Å²) in [5.74, 6) is 0.716. The molecule has 0 aliphatic carbocycles. The number of hydrogen-bond acceptors (Lipinski definition) is 4. The molecule has 6 heteroatoms. The molecule has 0 fully saturated rings. The average molecular weight is 297 g/mol. The summed E-state index contributed by atoms with van der Waals surface area (Å²) in [5, 5.41) is 11.8. The highest BCUT2D eigenvalue weighted by atomic mass is 28.4. The van der Waals surface area contributed by atoms with E-state index in [1.54, 1.807) is 12.1 Å². The van der Waals surface area contributed by atoms with Crippen LogP contribution in [0.4, 0.5) is 0 Å². The maximum absolute atomic E-state index is 11.6. The Balaban J connectivity index is 1.99. The third-order valence-corrected chi connectivity index (χ3v) is 8.52. The first-order valence-corrected chi connectivity index (χ1v) is 9.77. The zero-order valence-electron chi connectivity index (χ0n) is 12.8. The predicted octanol–water partition coefficient (Wildman–Crippen LogP) is 2.48. The number of pyridine rings is 1. The summed E-state index contributed by atoms with van der Waals surface area (Å²) >= 11 is 0. The van der Waals surface area contributed by atoms with Gasteiger partial charge < -0.3 is 19.1 Å². The fraction of sp³-hybridized carbons (Fsp3) is 0.643. The van der Waals surface area contributed by atoms with Crippen LogP contribution in [0.2, 0.25) is 18.1 Å². The van der Waals surface area contributed by atoms with Crippen LogP contribution in [-0.4, -0.2) is 27.6 Å². The first-order chi connectivity index (χ1) is 9.21. The van der Waals surface area contributed by atoms with E-state index in [9.17, 15) is 5.21 Å². The largest absolute Gasteiger partial charge is 0.616 e. The molecule has 112 valence electrons. The standard InChI is InChI=1S/C14H23NO4Si/c1-14(2,3)20(4,5)18-10-11-9-17-12-7-6-8-15(16)13(12)19-11/h6-8,11H,9-10H2,1-5H3. The summed E-state index contributed by atoms with van der Waals surface area (Å²) in [6.45, 7) is 11.8. The Bertz CT molecular complexity index is 485. The Morgan fingerprint density at radius 2 is 2.15 bits per heavy atom. The molecule has 0 radical (unpaired) electrons. The topological polar surface area (TPSA) is 54.6 Å². The number of aromatic nitrogens is 1. The van der Waals surface area contributed by atoms with E-state index in [0.717, 1.165) is 0 Å². The SMILES string of the molecule is CC(C)(C)[Si](C)(C)OCC1COc2ccc[n+]([O-])c2O1. The maximum atomic E-state index is 11.6. The Morgan fingerprint density at radius 3 is 2.80 bits per heavy atom. The summed E-state index contributed by atoms with van der Waals surface area (Å²) < 4.78 is 18.0. The van der Waals surface area contributed by atoms with Crippen LogP contribution in [0, 0.1) is 5.21 Å². The molecule has 0 saturated heterocycles. The highest BCUT2D eigenvalue weighted by Gasteiger charge is 2.38. The van der Waals surface area contributed by atoms with Crippen molar-refractivity contribution >= 4 is 8.32 Å². The van der Waals surface area contributed by atoms with Crippen molar-refractivity contribution in [2.45, 2.75) is 45.0 Å². The van der Waals surface area contributed by atoms with Gasteiger partial charge in [-0.15, -0.1) is 4.73 Å². The van der Waals surface area contributed by atoms with Crippen LogP contribution in [-0.2, 0) is 4.43 Å². The lowest BCUT2D eigenvalue weighted by molar-refractivity contribution is -0.615. The number of rotatable bonds is 3. The molecule has 0 spiro atoms. The lowest BCUT2D eigenvalue weighted by Crippen LogP contribution is -2.46. The third kappa shape index (κ3) is 3.07. The second-order valence-corrected chi connectivity index (χ2v) is 11.4. The number of hydrogen-bond donors (Lipinski definition) is 0. The summed E-state index contributed by atoms with van der Waals surface area (Å²) in [6, 6.07) is 3.37. The van der Waals surface area contributed by atoms with E-state index >= 15 is 0 Å². The summed E-state index contributed by atoms with van der Waals surface area (Å²) in [7, 11) is -1.81. The Hall–Kier alpha value is -1.27. The van der Waals surface area contributed by atoms with E-state index in [0.29, 0.717) is 23.7 Å². The van der Waals surface area contributed by atoms with E-state index in [4.69, 9.17) is 13.9 Å². The van der Waals surface area contributed by atoms with Crippen molar-refractivity contribution in [3.63, 3.8) is 0 Å². The lowest BCUT2D eigenvalue weighted by atomic mass is 10.2. The molecule has 1 unspecified atom stereocenters. The van der Waals surface area contributed by atoms with Gasteiger partial charge in [-0.25, -0.2) is 0 Å². The molecule has 1 atom stereocenters. The van der Waals surface area contributed by atoms with E-state index in [2.05, 4.69) is 33.9 Å². The first kappa shape index (κ1) is 15.1. The zero-order valence-corrected chi connectivity index (χ0v) is 13.8. The molecule has 1 aliphatic rings. The van der Waals surface area contributed by atoms with Gasteiger partial charge in [-0.3, -0.25) is 0 Å². The van der Waals surface area contributed by atoms with E-state index in [-0.39, 0.29) is 17.0 Å². The van der Waals surface area contributed by atoms with Gasteiger partial charge in [0.15, 0.2) is 20.6 Å². The molecule has 0 aromatic carbocycles. The average Bonchev–Trinajstić information content (AvgIpc) is 2.36. The van der Waals surface area contributed by atoms with Crippen molar-refractivity contribution in [1.82, 2.24) is 0 Å². The maximum Gasteiger partial charge on any atom is 0.423 e. The second kappa shape index (κ2) is 5.25. The summed E-state index contributed by atoms with van der Waals surface area (Å²) in [4.78, 5) is 0. The van der Waals surface area contributed by atoms with Crippen molar-refractivity contribution in [3.05, 3.63) is 23.5 Å². The molecule has 0 bridgehead atoms. The number of fused-ring (bicyclic) bond motifs is 1. The van der Waals surface area contributed by atoms with Gasteiger partial charge >= 0.3 is 5.88 Å². The molecule has 5 nitrogen and oxygen atoms in total. The van der Waals surface area contributed by atoms with Gasteiger partial charge in [0.25, 0.3) is 0 Å². The highest BCUT2D eigenvalue weighted by Crippen LogP contribution is 2.37. The lowest BCUT2D eigenvalue weighted by Gasteiger charge is -2.37. The molecule has 1 aromatic heterocycles. The molecule has 0 N–H and O–H groups in total. The molecule has 2 rings (SSSR count). The Morgan fingerprint density at radius 1 is 1.45 bits per heavy atom. The van der Waals surface area contributed by atoms with Crippen LogP contribution < -0.4 is 14.2 Å². The second-order valence-electron chi connectivity index (χ2n) is 6.63. The monoisotopic (exact) mass is 297 g/mol. The molecule has 0 amide bonds. The molecular weight excluding hydrogens is 274 g/mol. The van der Waals surface area contributed by atoms with Crippen LogP contribution >= 0.6 is 0 Å². The number of ether oxygens (including phenoxy) is 2. The minimum Gasteiger partial charge on any atom is -0.616 e. The van der Waals surface area contributed by atoms with Crippen molar-refractivity contribution in [2.75, 3.05) is 13.2 Å². The molecule has 1 aromatic rings. The summed E-state index contributed by atoms with van der Waals surface area (Å²) in [6.07, 6.45) is 1.17. The van der Waals surface area contributed by atoms with Gasteiger partial charge in [0, 0.05) is 6.07 Å². The van der Waals surface area contributed by atoms with E-state index in [1.165, 1.54) is 6.20 Å². The minimum absolute atomic E-state index is 0.152. The van der Waals surface area contributed by atoms with Crippen molar-refractivity contribution in [2.24, 2.45) is 0 Å². The summed E-state index contributed by atoms with van der Waals surface area (Å²) in [5.41, 5.74) is 0. The van der Waals surface area contributed by atoms with Gasteiger partial charge in [-0.05, 0) is 24.2 Å².